The number of ether oxygens (including phenoxy) is 1. The molecule has 2 fully saturated rings. The summed E-state index contributed by atoms with van der Waals surface area (Å²) in [7, 11) is 1.58. The highest BCUT2D eigenvalue weighted by Crippen LogP contribution is 2.26. The predicted molar refractivity (Wildman–Crippen MR) is 123 cm³/mol. The molecule has 8 heteroatoms. The molecule has 0 aliphatic carbocycles. The van der Waals surface area contributed by atoms with Gasteiger partial charge in [-0.1, -0.05) is 6.07 Å². The number of carbonyl (C=O) groups excluding carboxylic acids is 3. The van der Waals surface area contributed by atoms with Gasteiger partial charge in [-0.05, 0) is 67.3 Å². The molecule has 4 rings (SSSR count). The summed E-state index contributed by atoms with van der Waals surface area (Å²) in [4.78, 5) is 43.4. The van der Waals surface area contributed by atoms with Gasteiger partial charge >= 0.3 is 0 Å². The van der Waals surface area contributed by atoms with Crippen molar-refractivity contribution in [3.63, 3.8) is 0 Å². The molecule has 1 unspecified atom stereocenters. The quantitative estimate of drug-likeness (QED) is 0.726. The molecule has 2 saturated heterocycles. The maximum absolute atomic E-state index is 13.3. The number of thiophene rings is 1. The number of nitrogens with one attached hydrogen (secondary N) is 1. The monoisotopic (exact) mass is 455 g/mol. The van der Waals surface area contributed by atoms with Crippen molar-refractivity contribution in [3.8, 4) is 5.75 Å². The molecule has 3 amide bonds. The van der Waals surface area contributed by atoms with Gasteiger partial charge in [0, 0.05) is 31.7 Å². The molecule has 1 aromatic heterocycles. The van der Waals surface area contributed by atoms with Gasteiger partial charge < -0.3 is 19.9 Å². The van der Waals surface area contributed by atoms with Crippen LogP contribution >= 0.6 is 11.3 Å². The van der Waals surface area contributed by atoms with E-state index in [4.69, 9.17) is 4.74 Å². The summed E-state index contributed by atoms with van der Waals surface area (Å²) >= 11 is 1.44. The second-order valence-electron chi connectivity index (χ2n) is 8.32. The standard InChI is InChI=1S/C24H29N3O4S/c1-31-19-8-6-18(7-9-19)22(28)25-21(24(30)26-12-2-3-13-26)17-10-14-27(15-11-17)23(29)20-5-4-16-32-20/h4-9,16-17,21H,2-3,10-15H2,1H3,(H,25,28). The number of methoxy groups -OCH3 is 1. The van der Waals surface area contributed by atoms with Crippen LogP contribution in [0.3, 0.4) is 0 Å². The molecule has 7 nitrogen and oxygen atoms in total. The first-order chi connectivity index (χ1) is 15.6. The maximum Gasteiger partial charge on any atom is 0.263 e. The fourth-order valence-electron chi connectivity index (χ4n) is 4.47. The van der Waals surface area contributed by atoms with Crippen molar-refractivity contribution in [2.75, 3.05) is 33.3 Å². The number of amides is 3. The molecule has 0 spiro atoms. The Morgan fingerprint density at radius 1 is 1.00 bits per heavy atom. The molecular formula is C24H29N3O4S. The number of rotatable bonds is 6. The molecule has 3 heterocycles. The molecule has 2 aromatic rings. The third-order valence-electron chi connectivity index (χ3n) is 6.35. The summed E-state index contributed by atoms with van der Waals surface area (Å²) in [5, 5.41) is 4.92. The zero-order valence-electron chi connectivity index (χ0n) is 18.3. The van der Waals surface area contributed by atoms with E-state index in [0.717, 1.165) is 30.8 Å². The number of likely N-dealkylation sites (tertiary alicyclic amines) is 2. The van der Waals surface area contributed by atoms with Gasteiger partial charge in [0.1, 0.15) is 11.8 Å². The molecule has 32 heavy (non-hydrogen) atoms. The summed E-state index contributed by atoms with van der Waals surface area (Å²) in [6.45, 7) is 2.65. The Kier molecular flexibility index (Phi) is 7.09. The molecule has 1 N–H and O–H groups in total. The van der Waals surface area contributed by atoms with Crippen molar-refractivity contribution >= 4 is 29.1 Å². The highest BCUT2D eigenvalue weighted by atomic mass is 32.1. The average molecular weight is 456 g/mol. The molecule has 0 radical (unpaired) electrons. The number of piperidine rings is 1. The number of hydrogen-bond donors (Lipinski definition) is 1. The smallest absolute Gasteiger partial charge is 0.263 e. The number of benzene rings is 1. The van der Waals surface area contributed by atoms with Gasteiger partial charge in [0.25, 0.3) is 11.8 Å². The Morgan fingerprint density at radius 3 is 2.28 bits per heavy atom. The Morgan fingerprint density at radius 2 is 1.69 bits per heavy atom. The zero-order valence-corrected chi connectivity index (χ0v) is 19.1. The maximum atomic E-state index is 13.3. The van der Waals surface area contributed by atoms with Crippen LogP contribution in [0.2, 0.25) is 0 Å². The van der Waals surface area contributed by atoms with Crippen molar-refractivity contribution in [1.29, 1.82) is 0 Å². The first-order valence-electron chi connectivity index (χ1n) is 11.1. The van der Waals surface area contributed by atoms with Gasteiger partial charge in [-0.15, -0.1) is 11.3 Å². The van der Waals surface area contributed by atoms with Crippen LogP contribution in [0.4, 0.5) is 0 Å². The number of nitrogens with zero attached hydrogens (tertiary/aromatic N) is 2. The highest BCUT2D eigenvalue weighted by Gasteiger charge is 2.37. The molecule has 0 saturated carbocycles. The summed E-state index contributed by atoms with van der Waals surface area (Å²) in [5.41, 5.74) is 0.496. The lowest BCUT2D eigenvalue weighted by molar-refractivity contribution is -0.134. The molecule has 0 bridgehead atoms. The van der Waals surface area contributed by atoms with Gasteiger partial charge in [-0.25, -0.2) is 0 Å². The minimum atomic E-state index is -0.582. The van der Waals surface area contributed by atoms with E-state index in [-0.39, 0.29) is 23.6 Å². The predicted octanol–water partition coefficient (Wildman–Crippen LogP) is 3.03. The van der Waals surface area contributed by atoms with E-state index < -0.39 is 6.04 Å². The van der Waals surface area contributed by atoms with Gasteiger partial charge in [0.15, 0.2) is 0 Å². The van der Waals surface area contributed by atoms with Gasteiger partial charge in [-0.2, -0.15) is 0 Å². The van der Waals surface area contributed by atoms with Crippen molar-refractivity contribution in [2.24, 2.45) is 5.92 Å². The normalized spacial score (nSPS) is 17.8. The number of hydrogen-bond acceptors (Lipinski definition) is 5. The minimum absolute atomic E-state index is 0.00214. The van der Waals surface area contributed by atoms with Crippen molar-refractivity contribution in [2.45, 2.75) is 31.7 Å². The van der Waals surface area contributed by atoms with E-state index in [1.54, 1.807) is 31.4 Å². The van der Waals surface area contributed by atoms with Crippen LogP contribution in [0.5, 0.6) is 5.75 Å². The Bertz CT molecular complexity index is 931. The van der Waals surface area contributed by atoms with Crippen LogP contribution in [0.15, 0.2) is 41.8 Å². The summed E-state index contributed by atoms with van der Waals surface area (Å²) < 4.78 is 5.16. The third-order valence-corrected chi connectivity index (χ3v) is 7.21. The first kappa shape index (κ1) is 22.3. The van der Waals surface area contributed by atoms with Crippen LogP contribution in [0, 0.1) is 5.92 Å². The van der Waals surface area contributed by atoms with Crippen LogP contribution in [-0.2, 0) is 4.79 Å². The molecule has 2 aliphatic heterocycles. The highest BCUT2D eigenvalue weighted by molar-refractivity contribution is 7.12. The van der Waals surface area contributed by atoms with Crippen molar-refractivity contribution in [3.05, 3.63) is 52.2 Å². The zero-order chi connectivity index (χ0) is 22.5. The van der Waals surface area contributed by atoms with E-state index in [0.29, 0.717) is 37.2 Å². The van der Waals surface area contributed by atoms with Crippen molar-refractivity contribution < 1.29 is 19.1 Å². The first-order valence-corrected chi connectivity index (χ1v) is 12.0. The Hall–Kier alpha value is -2.87. The molecule has 1 aromatic carbocycles. The summed E-state index contributed by atoms with van der Waals surface area (Å²) in [6, 6.07) is 10.0. The summed E-state index contributed by atoms with van der Waals surface area (Å²) in [5.74, 6) is 0.449. The largest absolute Gasteiger partial charge is 0.497 e. The van der Waals surface area contributed by atoms with Crippen LogP contribution < -0.4 is 10.1 Å². The van der Waals surface area contributed by atoms with E-state index in [1.807, 2.05) is 27.3 Å². The minimum Gasteiger partial charge on any atom is -0.497 e. The SMILES string of the molecule is COc1ccc(C(=O)NC(C(=O)N2CCCC2)C2CCN(C(=O)c3cccs3)CC2)cc1. The average Bonchev–Trinajstić information content (AvgIpc) is 3.56. The fraction of sp³-hybridized carbons (Fsp3) is 0.458. The van der Waals surface area contributed by atoms with E-state index in [1.165, 1.54) is 11.3 Å². The van der Waals surface area contributed by atoms with Gasteiger partial charge in [0.05, 0.1) is 12.0 Å². The molecule has 1 atom stereocenters. The third kappa shape index (κ3) is 4.96. The number of carbonyl (C=O) groups is 3. The lowest BCUT2D eigenvalue weighted by Gasteiger charge is -2.37. The van der Waals surface area contributed by atoms with E-state index >= 15 is 0 Å². The van der Waals surface area contributed by atoms with Crippen LogP contribution in [0.25, 0.3) is 0 Å². The van der Waals surface area contributed by atoms with Crippen molar-refractivity contribution in [1.82, 2.24) is 15.1 Å². The lowest BCUT2D eigenvalue weighted by Crippen LogP contribution is -2.54. The fourth-order valence-corrected chi connectivity index (χ4v) is 5.17. The lowest BCUT2D eigenvalue weighted by atomic mass is 9.88. The molecular weight excluding hydrogens is 426 g/mol. The van der Waals surface area contributed by atoms with Gasteiger partial charge in [0.2, 0.25) is 5.91 Å². The second-order valence-corrected chi connectivity index (χ2v) is 9.27. The topological polar surface area (TPSA) is 79.0 Å². The molecule has 170 valence electrons. The molecule has 2 aliphatic rings. The van der Waals surface area contributed by atoms with E-state index in [9.17, 15) is 14.4 Å². The van der Waals surface area contributed by atoms with Crippen LogP contribution in [-0.4, -0.2) is 66.9 Å². The summed E-state index contributed by atoms with van der Waals surface area (Å²) in [6.07, 6.45) is 3.37. The Labute approximate surface area is 192 Å². The van der Waals surface area contributed by atoms with E-state index in [2.05, 4.69) is 5.32 Å². The van der Waals surface area contributed by atoms with Gasteiger partial charge in [-0.3, -0.25) is 14.4 Å². The van der Waals surface area contributed by atoms with Crippen LogP contribution in [0.1, 0.15) is 45.7 Å². The Balaban J connectivity index is 1.45. The second kappa shape index (κ2) is 10.2.